The lowest BCUT2D eigenvalue weighted by atomic mass is 9.69. The molecule has 4 nitrogen and oxygen atoms in total. The third-order valence-electron chi connectivity index (χ3n) is 5.62. The van der Waals surface area contributed by atoms with Gasteiger partial charge in [0.25, 0.3) is 0 Å². The molecule has 4 heteroatoms. The van der Waals surface area contributed by atoms with Gasteiger partial charge < -0.3 is 15.3 Å². The van der Waals surface area contributed by atoms with E-state index in [0.29, 0.717) is 0 Å². The molecule has 0 spiro atoms. The van der Waals surface area contributed by atoms with Gasteiger partial charge in [-0.15, -0.1) is 0 Å². The maximum atomic E-state index is 10.8. The summed E-state index contributed by atoms with van der Waals surface area (Å²) in [7, 11) is 0. The number of hydrogen-bond donors (Lipinski definition) is 3. The molecule has 1 aliphatic carbocycles. The summed E-state index contributed by atoms with van der Waals surface area (Å²) >= 11 is 0. The van der Waals surface area contributed by atoms with Gasteiger partial charge in [0.2, 0.25) is 0 Å². The molecule has 0 saturated carbocycles. The lowest BCUT2D eigenvalue weighted by Gasteiger charge is -2.35. The predicted molar refractivity (Wildman–Crippen MR) is 112 cm³/mol. The first-order valence-corrected chi connectivity index (χ1v) is 9.63. The molecule has 0 bridgehead atoms. The number of aliphatic carboxylic acids is 1. The van der Waals surface area contributed by atoms with E-state index in [1.54, 1.807) is 24.3 Å². The molecule has 0 heterocycles. The van der Waals surface area contributed by atoms with Crippen molar-refractivity contribution in [2.45, 2.75) is 24.7 Å². The first-order valence-electron chi connectivity index (χ1n) is 9.63. The van der Waals surface area contributed by atoms with Crippen molar-refractivity contribution in [3.63, 3.8) is 0 Å². The summed E-state index contributed by atoms with van der Waals surface area (Å²) in [5.41, 5.74) is 5.49. The minimum absolute atomic E-state index is 0.112. The van der Waals surface area contributed by atoms with E-state index in [-0.39, 0.29) is 23.3 Å². The molecular weight excluding hydrogens is 364 g/mol. The molecule has 0 saturated heterocycles. The Hall–Kier alpha value is -3.53. The Balaban J connectivity index is 1.76. The van der Waals surface area contributed by atoms with Crippen LogP contribution >= 0.6 is 0 Å². The summed E-state index contributed by atoms with van der Waals surface area (Å²) in [6, 6.07) is 20.9. The molecule has 146 valence electrons. The summed E-state index contributed by atoms with van der Waals surface area (Å²) in [6.07, 6.45) is 4.53. The molecule has 4 rings (SSSR count). The van der Waals surface area contributed by atoms with E-state index in [0.717, 1.165) is 35.6 Å². The van der Waals surface area contributed by atoms with Gasteiger partial charge in [-0.1, -0.05) is 42.5 Å². The zero-order valence-electron chi connectivity index (χ0n) is 15.8. The first-order chi connectivity index (χ1) is 14.0. The van der Waals surface area contributed by atoms with Crippen molar-refractivity contribution in [1.82, 2.24) is 0 Å². The molecule has 3 aromatic carbocycles. The number of carboxylic acids is 1. The summed E-state index contributed by atoms with van der Waals surface area (Å²) in [4.78, 5) is 10.8. The van der Waals surface area contributed by atoms with Gasteiger partial charge in [0.15, 0.2) is 0 Å². The van der Waals surface area contributed by atoms with Crippen molar-refractivity contribution in [1.29, 1.82) is 0 Å². The topological polar surface area (TPSA) is 77.8 Å². The molecule has 0 amide bonds. The molecule has 0 fully saturated rings. The van der Waals surface area contributed by atoms with Crippen molar-refractivity contribution in [3.05, 3.63) is 101 Å². The standard InChI is InChI=1S/C25H22O4/c26-20-9-6-17(7-10-20)22-12-8-19-15-21(27)11-13-23(19)25(22)18-4-1-16(2-5-18)3-14-24(28)29/h1-7,9-11,13-15,22,25-27H,8,12H2,(H,28,29). The highest BCUT2D eigenvalue weighted by Gasteiger charge is 2.32. The molecule has 1 aliphatic rings. The van der Waals surface area contributed by atoms with Gasteiger partial charge in [0, 0.05) is 12.0 Å². The Kier molecular flexibility index (Phi) is 5.09. The molecule has 0 aromatic heterocycles. The van der Waals surface area contributed by atoms with Crippen LogP contribution in [0.5, 0.6) is 11.5 Å². The van der Waals surface area contributed by atoms with Crippen molar-refractivity contribution >= 4 is 12.0 Å². The highest BCUT2D eigenvalue weighted by Crippen LogP contribution is 2.47. The minimum atomic E-state index is -0.970. The van der Waals surface area contributed by atoms with E-state index in [1.807, 2.05) is 48.5 Å². The van der Waals surface area contributed by atoms with Crippen LogP contribution in [0.3, 0.4) is 0 Å². The normalized spacial score (nSPS) is 18.5. The lowest BCUT2D eigenvalue weighted by molar-refractivity contribution is -0.131. The zero-order valence-corrected chi connectivity index (χ0v) is 15.8. The van der Waals surface area contributed by atoms with Crippen LogP contribution in [0.4, 0.5) is 0 Å². The van der Waals surface area contributed by atoms with Gasteiger partial charge >= 0.3 is 5.97 Å². The zero-order chi connectivity index (χ0) is 20.4. The first kappa shape index (κ1) is 18.8. The van der Waals surface area contributed by atoms with Crippen LogP contribution < -0.4 is 0 Å². The summed E-state index contributed by atoms with van der Waals surface area (Å²) in [6.45, 7) is 0. The number of phenolic OH excluding ortho intramolecular Hbond substituents is 2. The third-order valence-corrected chi connectivity index (χ3v) is 5.62. The largest absolute Gasteiger partial charge is 0.508 e. The molecule has 0 aliphatic heterocycles. The van der Waals surface area contributed by atoms with E-state index in [9.17, 15) is 15.0 Å². The molecule has 2 unspecified atom stereocenters. The molecular formula is C25H22O4. The number of aromatic hydroxyl groups is 2. The van der Waals surface area contributed by atoms with Gasteiger partial charge in [-0.05, 0) is 76.9 Å². The van der Waals surface area contributed by atoms with E-state index >= 15 is 0 Å². The number of carboxylic acid groups (broad SMARTS) is 1. The average molecular weight is 386 g/mol. The number of aryl methyl sites for hydroxylation is 1. The summed E-state index contributed by atoms with van der Waals surface area (Å²) in [5, 5.41) is 28.4. The summed E-state index contributed by atoms with van der Waals surface area (Å²) in [5.74, 6) is -0.0855. The SMILES string of the molecule is O=C(O)C=Cc1ccc(C2c3ccc(O)cc3CCC2c2ccc(O)cc2)cc1. The Bertz CT molecular complexity index is 1050. The number of carbonyl (C=O) groups is 1. The fraction of sp³-hybridized carbons (Fsp3) is 0.160. The van der Waals surface area contributed by atoms with Gasteiger partial charge in [0.1, 0.15) is 11.5 Å². The number of benzene rings is 3. The van der Waals surface area contributed by atoms with E-state index in [2.05, 4.69) is 0 Å². The average Bonchev–Trinajstić information content (AvgIpc) is 2.72. The highest BCUT2D eigenvalue weighted by molar-refractivity contribution is 5.85. The molecule has 0 radical (unpaired) electrons. The van der Waals surface area contributed by atoms with Crippen LogP contribution in [0, 0.1) is 0 Å². The highest BCUT2D eigenvalue weighted by atomic mass is 16.4. The maximum Gasteiger partial charge on any atom is 0.328 e. The summed E-state index contributed by atoms with van der Waals surface area (Å²) < 4.78 is 0. The quantitative estimate of drug-likeness (QED) is 0.548. The number of phenols is 2. The second kappa shape index (κ2) is 7.84. The number of fused-ring (bicyclic) bond motifs is 1. The van der Waals surface area contributed by atoms with Gasteiger partial charge in [-0.3, -0.25) is 0 Å². The van der Waals surface area contributed by atoms with Gasteiger partial charge in [0.05, 0.1) is 0 Å². The molecule has 2 atom stereocenters. The second-order valence-electron chi connectivity index (χ2n) is 7.44. The van der Waals surface area contributed by atoms with E-state index < -0.39 is 5.97 Å². The Morgan fingerprint density at radius 1 is 0.862 bits per heavy atom. The maximum absolute atomic E-state index is 10.8. The third kappa shape index (κ3) is 4.02. The van der Waals surface area contributed by atoms with Gasteiger partial charge in [-0.25, -0.2) is 4.79 Å². The second-order valence-corrected chi connectivity index (χ2v) is 7.44. The van der Waals surface area contributed by atoms with Crippen LogP contribution in [0.1, 0.15) is 46.1 Å². The minimum Gasteiger partial charge on any atom is -0.508 e. The van der Waals surface area contributed by atoms with Crippen LogP contribution in [0.2, 0.25) is 0 Å². The number of hydrogen-bond acceptors (Lipinski definition) is 3. The van der Waals surface area contributed by atoms with Crippen molar-refractivity contribution in [2.24, 2.45) is 0 Å². The van der Waals surface area contributed by atoms with E-state index in [4.69, 9.17) is 5.11 Å². The van der Waals surface area contributed by atoms with Crippen LogP contribution in [0.25, 0.3) is 6.08 Å². The predicted octanol–water partition coefficient (Wildman–Crippen LogP) is 5.06. The van der Waals surface area contributed by atoms with Crippen LogP contribution in [-0.2, 0) is 11.2 Å². The van der Waals surface area contributed by atoms with Crippen molar-refractivity contribution in [2.75, 3.05) is 0 Å². The Morgan fingerprint density at radius 3 is 2.21 bits per heavy atom. The molecule has 29 heavy (non-hydrogen) atoms. The van der Waals surface area contributed by atoms with Crippen molar-refractivity contribution in [3.8, 4) is 11.5 Å². The Labute approximate surface area is 169 Å². The molecule has 3 N–H and O–H groups in total. The van der Waals surface area contributed by atoms with Crippen molar-refractivity contribution < 1.29 is 20.1 Å². The van der Waals surface area contributed by atoms with E-state index in [1.165, 1.54) is 11.1 Å². The fourth-order valence-electron chi connectivity index (χ4n) is 4.28. The monoisotopic (exact) mass is 386 g/mol. The number of rotatable bonds is 4. The van der Waals surface area contributed by atoms with Crippen LogP contribution in [-0.4, -0.2) is 21.3 Å². The smallest absolute Gasteiger partial charge is 0.328 e. The van der Waals surface area contributed by atoms with Gasteiger partial charge in [-0.2, -0.15) is 0 Å². The Morgan fingerprint density at radius 2 is 1.52 bits per heavy atom. The lowest BCUT2D eigenvalue weighted by Crippen LogP contribution is -2.20. The van der Waals surface area contributed by atoms with Crippen LogP contribution in [0.15, 0.2) is 72.8 Å². The fourth-order valence-corrected chi connectivity index (χ4v) is 4.28. The molecule has 3 aromatic rings.